The molecule has 0 unspecified atom stereocenters. The summed E-state index contributed by atoms with van der Waals surface area (Å²) < 4.78 is 28.4. The van der Waals surface area contributed by atoms with Crippen molar-refractivity contribution >= 4 is 39.8 Å². The van der Waals surface area contributed by atoms with Crippen molar-refractivity contribution in [1.29, 1.82) is 0 Å². The Labute approximate surface area is 203 Å². The number of sulfone groups is 1. The number of aliphatic imine (C=N–C) groups is 1. The monoisotopic (exact) mass is 559 g/mol. The van der Waals surface area contributed by atoms with Gasteiger partial charge in [0.2, 0.25) is 0 Å². The second-order valence-electron chi connectivity index (χ2n) is 7.90. The van der Waals surface area contributed by atoms with Crippen molar-refractivity contribution < 1.29 is 13.2 Å². The predicted octanol–water partition coefficient (Wildman–Crippen LogP) is 3.79. The number of methoxy groups -OCH3 is 1. The van der Waals surface area contributed by atoms with Gasteiger partial charge in [-0.2, -0.15) is 0 Å². The van der Waals surface area contributed by atoms with Gasteiger partial charge in [-0.25, -0.2) is 8.42 Å². The number of rotatable bonds is 9. The molecule has 2 rings (SSSR count). The Hall–Kier alpha value is -1.81. The van der Waals surface area contributed by atoms with Crippen LogP contribution in [0.15, 0.2) is 58.4 Å². The van der Waals surface area contributed by atoms with Gasteiger partial charge in [-0.05, 0) is 48.7 Å². The second-order valence-corrected chi connectivity index (χ2v) is 9.92. The molecule has 6 nitrogen and oxygen atoms in total. The molecule has 2 N–H and O–H groups in total. The molecule has 0 saturated carbocycles. The van der Waals surface area contributed by atoms with E-state index < -0.39 is 9.84 Å². The highest BCUT2D eigenvalue weighted by Crippen LogP contribution is 2.25. The largest absolute Gasteiger partial charge is 0.497 e. The smallest absolute Gasteiger partial charge is 0.191 e. The molecular formula is C23H34IN3O3S. The highest BCUT2D eigenvalue weighted by atomic mass is 127. The molecule has 172 valence electrons. The summed E-state index contributed by atoms with van der Waals surface area (Å²) in [7, 11) is -1.50. The molecule has 31 heavy (non-hydrogen) atoms. The van der Waals surface area contributed by atoms with Crippen LogP contribution in [-0.2, 0) is 21.7 Å². The van der Waals surface area contributed by atoms with Crippen LogP contribution in [0.3, 0.4) is 0 Å². The zero-order valence-corrected chi connectivity index (χ0v) is 22.1. The quantitative estimate of drug-likeness (QED) is 0.278. The van der Waals surface area contributed by atoms with E-state index in [9.17, 15) is 8.42 Å². The van der Waals surface area contributed by atoms with Gasteiger partial charge in [-0.1, -0.05) is 38.1 Å². The Morgan fingerprint density at radius 1 is 1.03 bits per heavy atom. The standard InChI is InChI=1S/C23H33N3O3S.HI/c1-6-24-22(25-16-15-18-7-13-21(14-8-18)30(5,27)28)26-17-23(2,3)19-9-11-20(29-4)12-10-19;/h7-14H,6,15-17H2,1-5H3,(H2,24,25,26);1H. The van der Waals surface area contributed by atoms with E-state index >= 15 is 0 Å². The minimum atomic E-state index is -3.16. The van der Waals surface area contributed by atoms with E-state index in [1.54, 1.807) is 19.2 Å². The topological polar surface area (TPSA) is 79.8 Å². The number of nitrogens with zero attached hydrogens (tertiary/aromatic N) is 1. The average Bonchev–Trinajstić information content (AvgIpc) is 2.72. The Morgan fingerprint density at radius 3 is 2.16 bits per heavy atom. The van der Waals surface area contributed by atoms with E-state index in [1.807, 2.05) is 31.2 Å². The van der Waals surface area contributed by atoms with Crippen LogP contribution in [0.5, 0.6) is 5.75 Å². The van der Waals surface area contributed by atoms with Gasteiger partial charge in [0.25, 0.3) is 0 Å². The van der Waals surface area contributed by atoms with Gasteiger partial charge in [0.1, 0.15) is 5.75 Å². The number of nitrogens with one attached hydrogen (secondary N) is 2. The molecule has 0 aliphatic carbocycles. The Bertz CT molecular complexity index is 941. The van der Waals surface area contributed by atoms with E-state index in [0.29, 0.717) is 18.0 Å². The molecule has 2 aromatic rings. The first-order valence-corrected chi connectivity index (χ1v) is 12.0. The fraction of sp³-hybridized carbons (Fsp3) is 0.435. The number of benzene rings is 2. The lowest BCUT2D eigenvalue weighted by Gasteiger charge is -2.24. The molecule has 0 bridgehead atoms. The van der Waals surface area contributed by atoms with Gasteiger partial charge >= 0.3 is 0 Å². The molecule has 0 atom stereocenters. The van der Waals surface area contributed by atoms with Crippen LogP contribution in [-0.4, -0.2) is 47.4 Å². The molecule has 0 aliphatic heterocycles. The molecular weight excluding hydrogens is 525 g/mol. The number of halogens is 1. The van der Waals surface area contributed by atoms with Crippen LogP contribution in [0.2, 0.25) is 0 Å². The van der Waals surface area contributed by atoms with E-state index in [0.717, 1.165) is 30.2 Å². The van der Waals surface area contributed by atoms with Crippen molar-refractivity contribution in [2.45, 2.75) is 37.5 Å². The third-order valence-electron chi connectivity index (χ3n) is 4.91. The van der Waals surface area contributed by atoms with Crippen molar-refractivity contribution in [3.8, 4) is 5.75 Å². The molecule has 0 aliphatic rings. The summed E-state index contributed by atoms with van der Waals surface area (Å²) in [5.41, 5.74) is 2.16. The van der Waals surface area contributed by atoms with Crippen molar-refractivity contribution in [1.82, 2.24) is 10.6 Å². The minimum Gasteiger partial charge on any atom is -0.497 e. The van der Waals surface area contributed by atoms with Gasteiger partial charge in [0.05, 0.1) is 18.6 Å². The normalized spacial score (nSPS) is 12.1. The van der Waals surface area contributed by atoms with Crippen LogP contribution in [0.25, 0.3) is 0 Å². The molecule has 8 heteroatoms. The van der Waals surface area contributed by atoms with Crippen LogP contribution in [0, 0.1) is 0 Å². The molecule has 0 heterocycles. The van der Waals surface area contributed by atoms with Gasteiger partial charge in [0, 0.05) is 24.8 Å². The van der Waals surface area contributed by atoms with Crippen LogP contribution in [0.4, 0.5) is 0 Å². The van der Waals surface area contributed by atoms with Crippen molar-refractivity contribution in [2.24, 2.45) is 4.99 Å². The second kappa shape index (κ2) is 12.3. The molecule has 2 aromatic carbocycles. The summed E-state index contributed by atoms with van der Waals surface area (Å²) in [4.78, 5) is 5.11. The van der Waals surface area contributed by atoms with Crippen LogP contribution in [0.1, 0.15) is 31.9 Å². The lowest BCUT2D eigenvalue weighted by molar-refractivity contribution is 0.414. The average molecular weight is 560 g/mol. The molecule has 0 aromatic heterocycles. The zero-order valence-electron chi connectivity index (χ0n) is 18.9. The first-order chi connectivity index (χ1) is 14.2. The van der Waals surface area contributed by atoms with Crippen LogP contribution >= 0.6 is 24.0 Å². The third-order valence-corrected chi connectivity index (χ3v) is 6.03. The fourth-order valence-corrected chi connectivity index (χ4v) is 3.61. The van der Waals surface area contributed by atoms with Crippen molar-refractivity contribution in [3.63, 3.8) is 0 Å². The zero-order chi connectivity index (χ0) is 22.2. The number of hydrogen-bond acceptors (Lipinski definition) is 4. The summed E-state index contributed by atoms with van der Waals surface area (Å²) in [5, 5.41) is 6.64. The maximum absolute atomic E-state index is 11.6. The lowest BCUT2D eigenvalue weighted by Crippen LogP contribution is -2.39. The van der Waals surface area contributed by atoms with Gasteiger partial charge in [-0.15, -0.1) is 24.0 Å². The molecule has 0 spiro atoms. The van der Waals surface area contributed by atoms with Gasteiger partial charge < -0.3 is 15.4 Å². The Balaban J connectivity index is 0.00000480. The van der Waals surface area contributed by atoms with Crippen molar-refractivity contribution in [2.75, 3.05) is 33.0 Å². The highest BCUT2D eigenvalue weighted by molar-refractivity contribution is 14.0. The summed E-state index contributed by atoms with van der Waals surface area (Å²) in [6.07, 6.45) is 1.99. The number of ether oxygens (including phenoxy) is 1. The molecule has 0 saturated heterocycles. The molecule has 0 radical (unpaired) electrons. The predicted molar refractivity (Wildman–Crippen MR) is 139 cm³/mol. The first kappa shape index (κ1) is 27.2. The summed E-state index contributed by atoms with van der Waals surface area (Å²) in [6.45, 7) is 8.49. The van der Waals surface area contributed by atoms with Gasteiger partial charge in [0.15, 0.2) is 15.8 Å². The summed E-state index contributed by atoms with van der Waals surface area (Å²) in [5.74, 6) is 1.62. The summed E-state index contributed by atoms with van der Waals surface area (Å²) >= 11 is 0. The van der Waals surface area contributed by atoms with E-state index in [2.05, 4.69) is 36.6 Å². The SMILES string of the molecule is CCNC(=NCC(C)(C)c1ccc(OC)cc1)NCCc1ccc(S(C)(=O)=O)cc1.I. The molecule has 0 amide bonds. The van der Waals surface area contributed by atoms with E-state index in [1.165, 1.54) is 11.8 Å². The third kappa shape index (κ3) is 8.68. The fourth-order valence-electron chi connectivity index (χ4n) is 2.98. The Kier molecular flexibility index (Phi) is 10.8. The molecule has 0 fully saturated rings. The summed E-state index contributed by atoms with van der Waals surface area (Å²) in [6, 6.07) is 15.1. The van der Waals surface area contributed by atoms with Crippen molar-refractivity contribution in [3.05, 3.63) is 59.7 Å². The number of guanidine groups is 1. The first-order valence-electron chi connectivity index (χ1n) is 10.1. The van der Waals surface area contributed by atoms with Crippen LogP contribution < -0.4 is 15.4 Å². The van der Waals surface area contributed by atoms with Gasteiger partial charge in [-0.3, -0.25) is 4.99 Å². The lowest BCUT2D eigenvalue weighted by atomic mass is 9.85. The maximum Gasteiger partial charge on any atom is 0.191 e. The minimum absolute atomic E-state index is 0. The van der Waals surface area contributed by atoms with E-state index in [-0.39, 0.29) is 29.4 Å². The highest BCUT2D eigenvalue weighted by Gasteiger charge is 2.20. The van der Waals surface area contributed by atoms with E-state index in [4.69, 9.17) is 9.73 Å². The maximum atomic E-state index is 11.6. The number of hydrogen-bond donors (Lipinski definition) is 2. The Morgan fingerprint density at radius 2 is 1.65 bits per heavy atom.